The van der Waals surface area contributed by atoms with Gasteiger partial charge < -0.3 is 19.4 Å². The van der Waals surface area contributed by atoms with Crippen LogP contribution in [-0.2, 0) is 38.3 Å². The summed E-state index contributed by atoms with van der Waals surface area (Å²) in [5, 5.41) is 11.6. The fourth-order valence-electron chi connectivity index (χ4n) is 1.21. The van der Waals surface area contributed by atoms with Gasteiger partial charge in [0.2, 0.25) is 0 Å². The number of allylic oxidation sites excluding steroid dienone is 5. The Balaban J connectivity index is -0.000000221. The molecule has 0 spiro atoms. The van der Waals surface area contributed by atoms with Crippen molar-refractivity contribution in [3.05, 3.63) is 71.1 Å². The number of ether oxygens (including phenoxy) is 2. The molecule has 0 aliphatic rings. The zero-order valence-electron chi connectivity index (χ0n) is 25.8. The monoisotopic (exact) mass is 563 g/mol. The van der Waals surface area contributed by atoms with Crippen molar-refractivity contribution in [2.24, 2.45) is 5.16 Å². The van der Waals surface area contributed by atoms with Gasteiger partial charge in [0.25, 0.3) is 0 Å². The van der Waals surface area contributed by atoms with Gasteiger partial charge in [0.15, 0.2) is 0 Å². The summed E-state index contributed by atoms with van der Waals surface area (Å²) in [6.45, 7) is 23.6. The molecule has 0 amide bonds. The summed E-state index contributed by atoms with van der Waals surface area (Å²) < 4.78 is 8.99. The van der Waals surface area contributed by atoms with E-state index < -0.39 is 23.9 Å². The highest BCUT2D eigenvalue weighted by atomic mass is 16.7. The summed E-state index contributed by atoms with van der Waals surface area (Å²) in [6, 6.07) is 0. The number of oxime groups is 1. The highest BCUT2D eigenvalue weighted by Crippen LogP contribution is 2.01. The lowest BCUT2D eigenvalue weighted by atomic mass is 10.3. The van der Waals surface area contributed by atoms with Crippen LogP contribution in [0, 0.1) is 0 Å². The molecular weight excluding hydrogens is 518 g/mol. The minimum Gasteiger partial charge on any atom is -0.478 e. The molecule has 0 atom stereocenters. The molecule has 0 heterocycles. The van der Waals surface area contributed by atoms with E-state index in [4.69, 9.17) is 5.11 Å². The Morgan fingerprint density at radius 2 is 0.900 bits per heavy atom. The predicted octanol–water partition coefficient (Wildman–Crippen LogP) is 6.56. The van der Waals surface area contributed by atoms with E-state index in [1.165, 1.54) is 0 Å². The zero-order valence-corrected chi connectivity index (χ0v) is 25.8. The van der Waals surface area contributed by atoms with Crippen molar-refractivity contribution < 1.29 is 43.4 Å². The van der Waals surface area contributed by atoms with Crippen molar-refractivity contribution in [2.75, 3.05) is 0 Å². The summed E-state index contributed by atoms with van der Waals surface area (Å²) in [7, 11) is 0. The van der Waals surface area contributed by atoms with Crippen molar-refractivity contribution in [3.8, 4) is 0 Å². The molecule has 0 aliphatic heterocycles. The number of esters is 3. The topological polar surface area (TPSA) is 146 Å². The molecular formula is C30H45NO9. The highest BCUT2D eigenvalue weighted by molar-refractivity contribution is 6.01. The molecule has 0 fully saturated rings. The number of carbonyl (C=O) groups excluding carboxylic acids is 4. The molecule has 224 valence electrons. The number of nitrogens with zero attached hydrogens (tertiary/aromatic N) is 1. The van der Waals surface area contributed by atoms with Gasteiger partial charge in [0, 0.05) is 27.9 Å². The van der Waals surface area contributed by atoms with Gasteiger partial charge in [-0.3, -0.25) is 0 Å². The van der Waals surface area contributed by atoms with E-state index in [1.54, 1.807) is 113 Å². The average Bonchev–Trinajstić information content (AvgIpc) is 2.94. The van der Waals surface area contributed by atoms with Gasteiger partial charge in [-0.2, -0.15) is 0 Å². The number of carbonyl (C=O) groups is 5. The number of hydrogen-bond donors (Lipinski definition) is 1. The van der Waals surface area contributed by atoms with Crippen LogP contribution < -0.4 is 0 Å². The molecule has 0 saturated carbocycles. The standard InChI is InChI=1S/C10H14O3.C8H13NO2.C7H10O2.C5H8O2/c1-5-7(3)9(11)13-10(12)8(4)6-2;1-5-7(4)8(10)11-9-6(2)3;1-4-6(3)7(8)9-5-2;1-3-4(2)5(6)7/h5-6H,1-4H3;5H,1-4H3;4-5H,2H2,1,3H3;3H,1-2H3,(H,6,7)/b7-5-,8-6-;7-5-;6-4-;4-3-. The fraction of sp³-hybridized carbons (Fsp3) is 0.400. The van der Waals surface area contributed by atoms with E-state index in [-0.39, 0.29) is 5.97 Å². The van der Waals surface area contributed by atoms with Crippen molar-refractivity contribution in [1.29, 1.82) is 0 Å². The van der Waals surface area contributed by atoms with E-state index in [0.29, 0.717) is 27.9 Å². The maximum absolute atomic E-state index is 11.1. The Labute approximate surface area is 238 Å². The van der Waals surface area contributed by atoms with Gasteiger partial charge in [-0.25, -0.2) is 24.0 Å². The first-order valence-corrected chi connectivity index (χ1v) is 12.2. The van der Waals surface area contributed by atoms with Crippen LogP contribution >= 0.6 is 0 Å². The van der Waals surface area contributed by atoms with Crippen LogP contribution in [0.5, 0.6) is 0 Å². The summed E-state index contributed by atoms with van der Waals surface area (Å²) in [5.41, 5.74) is 3.13. The van der Waals surface area contributed by atoms with Gasteiger partial charge in [-0.1, -0.05) is 42.1 Å². The average molecular weight is 564 g/mol. The molecule has 0 aromatic heterocycles. The third kappa shape index (κ3) is 25.3. The minimum atomic E-state index is -0.845. The molecule has 40 heavy (non-hydrogen) atoms. The van der Waals surface area contributed by atoms with Gasteiger partial charge in [-0.05, 0) is 83.1 Å². The van der Waals surface area contributed by atoms with Crippen LogP contribution in [0.4, 0.5) is 0 Å². The number of hydrogen-bond acceptors (Lipinski definition) is 9. The van der Waals surface area contributed by atoms with Crippen LogP contribution in [0.1, 0.15) is 83.1 Å². The minimum absolute atomic E-state index is 0.340. The first-order valence-electron chi connectivity index (χ1n) is 12.2. The molecule has 0 aromatic carbocycles. The van der Waals surface area contributed by atoms with E-state index >= 15 is 0 Å². The van der Waals surface area contributed by atoms with E-state index in [9.17, 15) is 24.0 Å². The van der Waals surface area contributed by atoms with Gasteiger partial charge >= 0.3 is 29.8 Å². The summed E-state index contributed by atoms with van der Waals surface area (Å²) in [4.78, 5) is 58.0. The Bertz CT molecular complexity index is 1020. The van der Waals surface area contributed by atoms with Crippen molar-refractivity contribution in [2.45, 2.75) is 83.1 Å². The van der Waals surface area contributed by atoms with E-state index in [2.05, 4.69) is 26.0 Å². The maximum atomic E-state index is 11.1. The van der Waals surface area contributed by atoms with E-state index in [1.807, 2.05) is 0 Å². The van der Waals surface area contributed by atoms with Gasteiger partial charge in [0.1, 0.15) is 0 Å². The second-order valence-corrected chi connectivity index (χ2v) is 7.83. The third-order valence-electron chi connectivity index (χ3n) is 4.48. The second-order valence-electron chi connectivity index (χ2n) is 7.83. The SMILES string of the molecule is C/C=C(/C)C(=O)O.C/C=C(/C)C(=O)OC(=O)/C(C)=C\C.C/C=C(/C)C(=O)ON=C(C)C.C=COC(=O)/C(C)=C\C. The lowest BCUT2D eigenvalue weighted by Crippen LogP contribution is -2.13. The van der Waals surface area contributed by atoms with E-state index in [0.717, 1.165) is 12.0 Å². The zero-order chi connectivity index (χ0) is 32.4. The van der Waals surface area contributed by atoms with Crippen LogP contribution in [0.2, 0.25) is 0 Å². The summed E-state index contributed by atoms with van der Waals surface area (Å²) in [6.07, 6.45) is 9.24. The molecule has 10 heteroatoms. The molecule has 0 unspecified atom stereocenters. The Hall–Kier alpha value is -4.34. The van der Waals surface area contributed by atoms with Crippen LogP contribution in [-0.4, -0.2) is 40.7 Å². The summed E-state index contributed by atoms with van der Waals surface area (Å²) >= 11 is 0. The van der Waals surface area contributed by atoms with Crippen LogP contribution in [0.25, 0.3) is 0 Å². The first kappa shape index (κ1) is 42.7. The largest absolute Gasteiger partial charge is 0.478 e. The van der Waals surface area contributed by atoms with Crippen LogP contribution in [0.15, 0.2) is 76.2 Å². The Morgan fingerprint density at radius 3 is 1.15 bits per heavy atom. The molecule has 10 nitrogen and oxygen atoms in total. The van der Waals surface area contributed by atoms with Gasteiger partial charge in [-0.15, -0.1) is 0 Å². The molecule has 0 aromatic rings. The lowest BCUT2D eigenvalue weighted by molar-refractivity contribution is -0.154. The van der Waals surface area contributed by atoms with Crippen molar-refractivity contribution in [1.82, 2.24) is 0 Å². The Kier molecular flexibility index (Phi) is 28.1. The predicted molar refractivity (Wildman–Crippen MR) is 157 cm³/mol. The lowest BCUT2D eigenvalue weighted by Gasteiger charge is -2.01. The second kappa shape index (κ2) is 26.3. The summed E-state index contributed by atoms with van der Waals surface area (Å²) in [5.74, 6) is -2.76. The number of carboxylic acids is 1. The smallest absolute Gasteiger partial charge is 0.361 e. The number of carboxylic acid groups (broad SMARTS) is 1. The number of rotatable bonds is 7. The number of aliphatic carboxylic acids is 1. The van der Waals surface area contributed by atoms with Crippen molar-refractivity contribution in [3.63, 3.8) is 0 Å². The van der Waals surface area contributed by atoms with Crippen molar-refractivity contribution >= 4 is 35.6 Å². The fourth-order valence-corrected chi connectivity index (χ4v) is 1.21. The van der Waals surface area contributed by atoms with Gasteiger partial charge in [0.05, 0.1) is 12.0 Å². The first-order chi connectivity index (χ1) is 18.5. The normalized spacial score (nSPS) is 11.4. The molecule has 1 N–H and O–H groups in total. The Morgan fingerprint density at radius 1 is 0.575 bits per heavy atom. The van der Waals surface area contributed by atoms with Crippen LogP contribution in [0.3, 0.4) is 0 Å². The molecule has 0 rings (SSSR count). The molecule has 0 aliphatic carbocycles. The highest BCUT2D eigenvalue weighted by Gasteiger charge is 2.12. The third-order valence-corrected chi connectivity index (χ3v) is 4.48. The quantitative estimate of drug-likeness (QED) is 0.0692. The maximum Gasteiger partial charge on any atom is 0.361 e. The molecule has 0 bridgehead atoms. The molecule has 0 saturated heterocycles. The molecule has 0 radical (unpaired) electrons.